The summed E-state index contributed by atoms with van der Waals surface area (Å²) in [6.45, 7) is 4.59. The molecule has 0 spiro atoms. The summed E-state index contributed by atoms with van der Waals surface area (Å²) < 4.78 is 12.9. The third-order valence-electron chi connectivity index (χ3n) is 4.34. The summed E-state index contributed by atoms with van der Waals surface area (Å²) in [6, 6.07) is 5.98. The molecule has 1 aromatic heterocycles. The quantitative estimate of drug-likeness (QED) is 0.899. The summed E-state index contributed by atoms with van der Waals surface area (Å²) >= 11 is 0. The van der Waals surface area contributed by atoms with Crippen molar-refractivity contribution in [3.63, 3.8) is 0 Å². The van der Waals surface area contributed by atoms with Gasteiger partial charge in [-0.1, -0.05) is 0 Å². The Morgan fingerprint density at radius 3 is 2.04 bits per heavy atom. The Balaban J connectivity index is 2.71. The Labute approximate surface area is 143 Å². The van der Waals surface area contributed by atoms with Gasteiger partial charge in [-0.25, -0.2) is 0 Å². The van der Waals surface area contributed by atoms with Crippen LogP contribution < -0.4 is 19.9 Å². The largest absolute Gasteiger partial charge is 0.496 e. The fraction of sp³-hybridized carbons (Fsp3) is 0.421. The normalized spacial score (nSPS) is 11.0. The van der Waals surface area contributed by atoms with Crippen molar-refractivity contribution in [2.75, 3.05) is 28.3 Å². The second-order valence-corrected chi connectivity index (χ2v) is 6.43. The highest BCUT2D eigenvalue weighted by Crippen LogP contribution is 2.35. The number of hydrogen-bond donors (Lipinski definition) is 1. The fourth-order valence-electron chi connectivity index (χ4n) is 2.94. The van der Waals surface area contributed by atoms with Crippen LogP contribution in [0.5, 0.6) is 11.5 Å². The van der Waals surface area contributed by atoms with E-state index in [-0.39, 0.29) is 5.56 Å². The van der Waals surface area contributed by atoms with Crippen molar-refractivity contribution >= 4 is 0 Å². The van der Waals surface area contributed by atoms with Crippen LogP contribution in [0.3, 0.4) is 0 Å². The number of aromatic nitrogens is 1. The molecule has 0 aliphatic heterocycles. The molecule has 0 aliphatic rings. The van der Waals surface area contributed by atoms with Gasteiger partial charge in [-0.15, -0.1) is 0 Å². The first-order valence-corrected chi connectivity index (χ1v) is 8.01. The number of nitrogens with zero attached hydrogens (tertiary/aromatic N) is 1. The van der Waals surface area contributed by atoms with Gasteiger partial charge in [0.2, 0.25) is 0 Å². The molecule has 0 fully saturated rings. The first-order chi connectivity index (χ1) is 11.3. The molecule has 0 saturated heterocycles. The first kappa shape index (κ1) is 18.1. The molecule has 2 aromatic rings. The van der Waals surface area contributed by atoms with E-state index < -0.39 is 0 Å². The highest BCUT2D eigenvalue weighted by molar-refractivity contribution is 5.71. The zero-order chi connectivity index (χ0) is 18.0. The van der Waals surface area contributed by atoms with E-state index in [2.05, 4.69) is 14.1 Å². The number of benzene rings is 1. The van der Waals surface area contributed by atoms with Gasteiger partial charge in [0, 0.05) is 23.9 Å². The van der Waals surface area contributed by atoms with Crippen molar-refractivity contribution < 1.29 is 14.4 Å². The number of rotatable bonds is 5. The Morgan fingerprint density at radius 1 is 1.04 bits per heavy atom. The van der Waals surface area contributed by atoms with Crippen molar-refractivity contribution in [3.05, 3.63) is 45.4 Å². The lowest BCUT2D eigenvalue weighted by molar-refractivity contribution is -0.872. The first-order valence-electron chi connectivity index (χ1n) is 8.01. The molecule has 1 heterocycles. The number of pyridine rings is 1. The van der Waals surface area contributed by atoms with Crippen LogP contribution in [0.25, 0.3) is 11.1 Å². The number of hydrogen-bond acceptors (Lipinski definition) is 3. The number of aryl methyl sites for hydroxylation is 1. The van der Waals surface area contributed by atoms with Crippen molar-refractivity contribution in [1.29, 1.82) is 0 Å². The van der Waals surface area contributed by atoms with E-state index >= 15 is 0 Å². The van der Waals surface area contributed by atoms with Crippen LogP contribution in [0.1, 0.15) is 16.8 Å². The van der Waals surface area contributed by atoms with E-state index in [1.54, 1.807) is 25.8 Å². The minimum absolute atomic E-state index is 0.0306. The smallest absolute Gasteiger partial charge is 0.253 e. The monoisotopic (exact) mass is 331 g/mol. The van der Waals surface area contributed by atoms with E-state index in [4.69, 9.17) is 9.47 Å². The number of ether oxygens (including phenoxy) is 2. The maximum Gasteiger partial charge on any atom is 0.253 e. The molecule has 24 heavy (non-hydrogen) atoms. The number of nitrogens with one attached hydrogen (secondary N) is 1. The molecule has 0 radical (unpaired) electrons. The lowest BCUT2D eigenvalue weighted by Gasteiger charge is -2.18. The summed E-state index contributed by atoms with van der Waals surface area (Å²) in [6.07, 6.45) is 0. The second kappa shape index (κ2) is 7.09. The van der Waals surface area contributed by atoms with Crippen LogP contribution in [-0.4, -0.2) is 32.9 Å². The second-order valence-electron chi connectivity index (χ2n) is 6.43. The van der Waals surface area contributed by atoms with Gasteiger partial charge in [0.05, 0.1) is 33.9 Å². The van der Waals surface area contributed by atoms with Crippen LogP contribution in [0, 0.1) is 13.8 Å². The van der Waals surface area contributed by atoms with Gasteiger partial charge in [-0.2, -0.15) is 0 Å². The molecule has 2 rings (SSSR count). The Hall–Kier alpha value is -2.27. The average molecular weight is 331 g/mol. The predicted octanol–water partition coefficient (Wildman–Crippen LogP) is 1.33. The zero-order valence-corrected chi connectivity index (χ0v) is 15.6. The number of quaternary nitrogens is 1. The highest BCUT2D eigenvalue weighted by atomic mass is 16.5. The molecular formula is C19H27N2O3+. The van der Waals surface area contributed by atoms with Crippen molar-refractivity contribution in [1.82, 2.24) is 4.57 Å². The molecule has 130 valence electrons. The summed E-state index contributed by atoms with van der Waals surface area (Å²) in [5.74, 6) is 1.60. The molecule has 5 heteroatoms. The lowest BCUT2D eigenvalue weighted by Crippen LogP contribution is -3.04. The minimum atomic E-state index is 0.0306. The lowest BCUT2D eigenvalue weighted by atomic mass is 9.99. The van der Waals surface area contributed by atoms with Gasteiger partial charge in [0.15, 0.2) is 0 Å². The summed E-state index contributed by atoms with van der Waals surface area (Å²) in [7, 11) is 9.32. The predicted molar refractivity (Wildman–Crippen MR) is 96.2 cm³/mol. The Bertz CT molecular complexity index is 782. The molecule has 0 unspecified atom stereocenters. The van der Waals surface area contributed by atoms with Crippen molar-refractivity contribution in [2.24, 2.45) is 7.05 Å². The number of methoxy groups -OCH3 is 2. The maximum absolute atomic E-state index is 12.1. The zero-order valence-electron chi connectivity index (χ0n) is 15.6. The molecule has 1 aromatic carbocycles. The molecular weight excluding hydrogens is 304 g/mol. The van der Waals surface area contributed by atoms with Gasteiger partial charge >= 0.3 is 0 Å². The van der Waals surface area contributed by atoms with E-state index in [1.807, 2.05) is 32.0 Å². The van der Waals surface area contributed by atoms with E-state index in [9.17, 15) is 4.79 Å². The van der Waals surface area contributed by atoms with Crippen LogP contribution in [0.2, 0.25) is 0 Å². The average Bonchev–Trinajstić information content (AvgIpc) is 2.55. The van der Waals surface area contributed by atoms with E-state index in [0.29, 0.717) is 0 Å². The van der Waals surface area contributed by atoms with Crippen molar-refractivity contribution in [3.8, 4) is 22.6 Å². The third-order valence-corrected chi connectivity index (χ3v) is 4.34. The highest BCUT2D eigenvalue weighted by Gasteiger charge is 2.18. The topological polar surface area (TPSA) is 44.9 Å². The van der Waals surface area contributed by atoms with Crippen molar-refractivity contribution in [2.45, 2.75) is 20.4 Å². The fourth-order valence-corrected chi connectivity index (χ4v) is 2.94. The molecule has 0 bridgehead atoms. The summed E-state index contributed by atoms with van der Waals surface area (Å²) in [5.41, 5.74) is 4.71. The summed E-state index contributed by atoms with van der Waals surface area (Å²) in [5, 5.41) is 0. The van der Waals surface area contributed by atoms with E-state index in [0.717, 1.165) is 46.0 Å². The molecule has 0 amide bonds. The molecule has 0 atom stereocenters. The van der Waals surface area contributed by atoms with Crippen LogP contribution in [0.4, 0.5) is 0 Å². The standard InChI is InChI=1S/C19H26N2O3/c1-12-8-15(13(2)21(5)19(12)22)14-9-17(23-6)16(11-20(3)4)18(10-14)24-7/h8-10H,11H2,1-7H3/p+1. The van der Waals surface area contributed by atoms with Crippen LogP contribution in [0.15, 0.2) is 23.0 Å². The maximum atomic E-state index is 12.1. The van der Waals surface area contributed by atoms with Gasteiger partial charge in [-0.05, 0) is 37.6 Å². The van der Waals surface area contributed by atoms with Crippen LogP contribution >= 0.6 is 0 Å². The minimum Gasteiger partial charge on any atom is -0.496 e. The molecule has 1 N–H and O–H groups in total. The molecule has 0 aliphatic carbocycles. The van der Waals surface area contributed by atoms with Gasteiger partial charge in [0.1, 0.15) is 18.0 Å². The van der Waals surface area contributed by atoms with E-state index in [1.165, 1.54) is 4.90 Å². The van der Waals surface area contributed by atoms with Gasteiger partial charge in [-0.3, -0.25) is 4.79 Å². The summed E-state index contributed by atoms with van der Waals surface area (Å²) in [4.78, 5) is 13.4. The SMILES string of the molecule is COc1cc(-c2cc(C)c(=O)n(C)c2C)cc(OC)c1C[NH+](C)C. The van der Waals surface area contributed by atoms with Gasteiger partial charge < -0.3 is 18.9 Å². The third kappa shape index (κ3) is 3.31. The Kier molecular flexibility index (Phi) is 5.34. The van der Waals surface area contributed by atoms with Gasteiger partial charge in [0.25, 0.3) is 5.56 Å². The molecule has 5 nitrogen and oxygen atoms in total. The van der Waals surface area contributed by atoms with Crippen LogP contribution in [-0.2, 0) is 13.6 Å². The Morgan fingerprint density at radius 2 is 1.58 bits per heavy atom. The molecule has 0 saturated carbocycles.